The maximum Gasteiger partial charge on any atom is 0.416 e. The highest BCUT2D eigenvalue weighted by Gasteiger charge is 2.42. The van der Waals surface area contributed by atoms with Gasteiger partial charge in [0.1, 0.15) is 0 Å². The molecule has 0 radical (unpaired) electrons. The summed E-state index contributed by atoms with van der Waals surface area (Å²) in [5.74, 6) is 0.613. The van der Waals surface area contributed by atoms with Crippen molar-refractivity contribution in [1.29, 1.82) is 0 Å². The number of carbonyl (C=O) groups excluding carboxylic acids is 1. The predicted molar refractivity (Wildman–Crippen MR) is 72.7 cm³/mol. The molecule has 0 aromatic heterocycles. The highest BCUT2D eigenvalue weighted by molar-refractivity contribution is 5.95. The maximum absolute atomic E-state index is 12.7. The lowest BCUT2D eigenvalue weighted by molar-refractivity contribution is -0.137. The molecule has 0 bridgehead atoms. The van der Waals surface area contributed by atoms with E-state index in [1.54, 1.807) is 0 Å². The van der Waals surface area contributed by atoms with E-state index in [-0.39, 0.29) is 17.6 Å². The Morgan fingerprint density at radius 3 is 2.86 bits per heavy atom. The van der Waals surface area contributed by atoms with Crippen molar-refractivity contribution in [1.82, 2.24) is 5.32 Å². The van der Waals surface area contributed by atoms with Crippen LogP contribution in [0.1, 0.15) is 24.8 Å². The minimum Gasteiger partial charge on any atom is -0.325 e. The second-order valence-electron chi connectivity index (χ2n) is 5.81. The molecule has 1 aromatic rings. The summed E-state index contributed by atoms with van der Waals surface area (Å²) < 4.78 is 38.0. The third kappa shape index (κ3) is 2.90. The number of alkyl halides is 3. The highest BCUT2D eigenvalue weighted by atomic mass is 19.4. The fourth-order valence-corrected chi connectivity index (χ4v) is 3.47. The van der Waals surface area contributed by atoms with Gasteiger partial charge in [0.25, 0.3) is 0 Å². The number of hydrogen-bond acceptors (Lipinski definition) is 2. The van der Waals surface area contributed by atoms with Crippen molar-refractivity contribution in [3.8, 4) is 0 Å². The summed E-state index contributed by atoms with van der Waals surface area (Å²) in [7, 11) is 0. The van der Waals surface area contributed by atoms with E-state index < -0.39 is 11.7 Å². The van der Waals surface area contributed by atoms with Crippen LogP contribution in [-0.4, -0.2) is 18.5 Å². The summed E-state index contributed by atoms with van der Waals surface area (Å²) in [6, 6.07) is 4.47. The summed E-state index contributed by atoms with van der Waals surface area (Å²) >= 11 is 0. The van der Waals surface area contributed by atoms with Crippen LogP contribution in [0.2, 0.25) is 0 Å². The molecule has 2 N–H and O–H groups in total. The van der Waals surface area contributed by atoms with Crippen molar-refractivity contribution in [2.24, 2.45) is 11.8 Å². The van der Waals surface area contributed by atoms with Gasteiger partial charge < -0.3 is 10.6 Å². The van der Waals surface area contributed by atoms with E-state index in [2.05, 4.69) is 10.6 Å². The molecule has 1 heterocycles. The van der Waals surface area contributed by atoms with Crippen LogP contribution in [0.3, 0.4) is 0 Å². The standard InChI is InChI=1S/C15H17F3N2O/c16-15(17,18)10-4-2-5-11(7-10)20-14(21)13-12-6-1-3-9(12)8-19-13/h2,4-5,7,9,12-13,19H,1,3,6,8H2,(H,20,21). The summed E-state index contributed by atoms with van der Waals surface area (Å²) in [5, 5.41) is 5.80. The Balaban J connectivity index is 1.70. The third-order valence-electron chi connectivity index (χ3n) is 4.49. The van der Waals surface area contributed by atoms with Crippen molar-refractivity contribution >= 4 is 11.6 Å². The molecule has 1 aliphatic heterocycles. The zero-order valence-corrected chi connectivity index (χ0v) is 11.4. The minimum absolute atomic E-state index is 0.193. The van der Waals surface area contributed by atoms with Gasteiger partial charge in [-0.1, -0.05) is 12.5 Å². The van der Waals surface area contributed by atoms with Crippen LogP contribution in [0.4, 0.5) is 18.9 Å². The number of halogens is 3. The number of benzene rings is 1. The number of hydrogen-bond donors (Lipinski definition) is 2. The zero-order valence-electron chi connectivity index (χ0n) is 11.4. The van der Waals surface area contributed by atoms with Crippen molar-refractivity contribution in [2.75, 3.05) is 11.9 Å². The van der Waals surface area contributed by atoms with Crippen LogP contribution >= 0.6 is 0 Å². The fraction of sp³-hybridized carbons (Fsp3) is 0.533. The minimum atomic E-state index is -4.40. The SMILES string of the molecule is O=C(Nc1cccc(C(F)(F)F)c1)C1NCC2CCCC21. The Morgan fingerprint density at radius 2 is 2.10 bits per heavy atom. The quantitative estimate of drug-likeness (QED) is 0.881. The summed E-state index contributed by atoms with van der Waals surface area (Å²) in [6.07, 6.45) is -1.13. The maximum atomic E-state index is 12.7. The molecule has 3 nitrogen and oxygen atoms in total. The van der Waals surface area contributed by atoms with Gasteiger partial charge in [0.2, 0.25) is 5.91 Å². The van der Waals surface area contributed by atoms with Crippen LogP contribution in [-0.2, 0) is 11.0 Å². The molecule has 2 aliphatic rings. The van der Waals surface area contributed by atoms with Crippen molar-refractivity contribution in [3.05, 3.63) is 29.8 Å². The Hall–Kier alpha value is -1.56. The zero-order chi connectivity index (χ0) is 15.0. The van der Waals surface area contributed by atoms with E-state index in [1.165, 1.54) is 12.1 Å². The van der Waals surface area contributed by atoms with E-state index in [0.717, 1.165) is 37.9 Å². The van der Waals surface area contributed by atoms with Gasteiger partial charge in [-0.3, -0.25) is 4.79 Å². The third-order valence-corrected chi connectivity index (χ3v) is 4.49. The molecule has 0 spiro atoms. The first-order valence-electron chi connectivity index (χ1n) is 7.16. The molecule has 2 fully saturated rings. The van der Waals surface area contributed by atoms with Gasteiger partial charge in [-0.2, -0.15) is 13.2 Å². The number of fused-ring (bicyclic) bond motifs is 1. The second kappa shape index (κ2) is 5.33. The number of carbonyl (C=O) groups is 1. The van der Waals surface area contributed by atoms with Crippen LogP contribution in [0.25, 0.3) is 0 Å². The van der Waals surface area contributed by atoms with Crippen molar-refractivity contribution in [3.63, 3.8) is 0 Å². The van der Waals surface area contributed by atoms with E-state index in [0.29, 0.717) is 11.8 Å². The molecule has 1 aromatic carbocycles. The molecule has 6 heteroatoms. The van der Waals surface area contributed by atoms with E-state index >= 15 is 0 Å². The molecule has 3 rings (SSSR count). The summed E-state index contributed by atoms with van der Waals surface area (Å²) in [5.41, 5.74) is -0.559. The van der Waals surface area contributed by atoms with E-state index in [4.69, 9.17) is 0 Å². The van der Waals surface area contributed by atoms with Gasteiger partial charge >= 0.3 is 6.18 Å². The molecule has 1 amide bonds. The van der Waals surface area contributed by atoms with Gasteiger partial charge in [0.15, 0.2) is 0 Å². The average molecular weight is 298 g/mol. The first-order valence-corrected chi connectivity index (χ1v) is 7.16. The van der Waals surface area contributed by atoms with E-state index in [9.17, 15) is 18.0 Å². The molecule has 1 saturated heterocycles. The fourth-order valence-electron chi connectivity index (χ4n) is 3.47. The van der Waals surface area contributed by atoms with Gasteiger partial charge in [0, 0.05) is 5.69 Å². The monoisotopic (exact) mass is 298 g/mol. The molecular weight excluding hydrogens is 281 g/mol. The first-order chi connectivity index (χ1) is 9.95. The number of rotatable bonds is 2. The first kappa shape index (κ1) is 14.4. The van der Waals surface area contributed by atoms with Gasteiger partial charge in [-0.25, -0.2) is 0 Å². The normalized spacial score (nSPS) is 28.4. The lowest BCUT2D eigenvalue weighted by atomic mass is 9.93. The lowest BCUT2D eigenvalue weighted by Crippen LogP contribution is -2.39. The molecule has 114 valence electrons. The molecule has 1 aliphatic carbocycles. The van der Waals surface area contributed by atoms with Gasteiger partial charge in [-0.05, 0) is 49.4 Å². The number of nitrogens with one attached hydrogen (secondary N) is 2. The molecular formula is C15H17F3N2O. The molecule has 21 heavy (non-hydrogen) atoms. The summed E-state index contributed by atoms with van der Waals surface area (Å²) in [4.78, 5) is 12.3. The Bertz CT molecular complexity index is 544. The van der Waals surface area contributed by atoms with Crippen LogP contribution in [0, 0.1) is 11.8 Å². The highest BCUT2D eigenvalue weighted by Crippen LogP contribution is 2.38. The van der Waals surface area contributed by atoms with E-state index in [1.807, 2.05) is 0 Å². The molecule has 1 saturated carbocycles. The Morgan fingerprint density at radius 1 is 1.29 bits per heavy atom. The van der Waals surface area contributed by atoms with Gasteiger partial charge in [0.05, 0.1) is 11.6 Å². The Labute approximate surface area is 120 Å². The van der Waals surface area contributed by atoms with Crippen molar-refractivity contribution < 1.29 is 18.0 Å². The van der Waals surface area contributed by atoms with Gasteiger partial charge in [-0.15, -0.1) is 0 Å². The average Bonchev–Trinajstić information content (AvgIpc) is 2.99. The van der Waals surface area contributed by atoms with Crippen LogP contribution in [0.15, 0.2) is 24.3 Å². The molecule has 3 unspecified atom stereocenters. The molecule has 3 atom stereocenters. The van der Waals surface area contributed by atoms with Crippen molar-refractivity contribution in [2.45, 2.75) is 31.5 Å². The lowest BCUT2D eigenvalue weighted by Gasteiger charge is -2.18. The summed E-state index contributed by atoms with van der Waals surface area (Å²) in [6.45, 7) is 0.825. The Kier molecular flexibility index (Phi) is 3.65. The number of anilines is 1. The largest absolute Gasteiger partial charge is 0.416 e. The van der Waals surface area contributed by atoms with Crippen LogP contribution in [0.5, 0.6) is 0 Å². The smallest absolute Gasteiger partial charge is 0.325 e. The second-order valence-corrected chi connectivity index (χ2v) is 5.81. The van der Waals surface area contributed by atoms with Crippen LogP contribution < -0.4 is 10.6 Å². The topological polar surface area (TPSA) is 41.1 Å². The predicted octanol–water partition coefficient (Wildman–Crippen LogP) is 3.03. The number of amides is 1.